The maximum atomic E-state index is 11.6. The summed E-state index contributed by atoms with van der Waals surface area (Å²) >= 11 is 0.985. The van der Waals surface area contributed by atoms with Crippen molar-refractivity contribution in [2.24, 2.45) is 0 Å². The maximum absolute atomic E-state index is 11.6. The largest absolute Gasteiger partial charge is 0.496 e. The predicted octanol–water partition coefficient (Wildman–Crippen LogP) is 2.37. The number of carboxylic acid groups (broad SMARTS) is 1. The van der Waals surface area contributed by atoms with Gasteiger partial charge in [0.15, 0.2) is 0 Å². The fourth-order valence-corrected chi connectivity index (χ4v) is 3.25. The molecule has 5 nitrogen and oxygen atoms in total. The standard InChI is InChI=1S/C13H12O5S/c1-17-8-6-10-9(18-12(16)19-10)5-7(8)13(11(14)15)3-2-4-13/h5-6H,2-4H2,1H3,(H,14,15). The van der Waals surface area contributed by atoms with Crippen LogP contribution in [0.1, 0.15) is 24.8 Å². The van der Waals surface area contributed by atoms with E-state index in [1.54, 1.807) is 12.1 Å². The van der Waals surface area contributed by atoms with Gasteiger partial charge in [-0.2, -0.15) is 0 Å². The minimum atomic E-state index is -0.903. The van der Waals surface area contributed by atoms with Crippen molar-refractivity contribution in [2.75, 3.05) is 7.11 Å². The number of fused-ring (bicyclic) bond motifs is 1. The zero-order chi connectivity index (χ0) is 13.6. The van der Waals surface area contributed by atoms with Crippen LogP contribution in [0.25, 0.3) is 10.3 Å². The first-order valence-corrected chi connectivity index (χ1v) is 6.74. The van der Waals surface area contributed by atoms with Crippen LogP contribution in [-0.2, 0) is 10.2 Å². The fourth-order valence-electron chi connectivity index (χ4n) is 2.57. The Bertz CT molecular complexity index is 707. The number of methoxy groups -OCH3 is 1. The molecule has 1 aromatic heterocycles. The second-order valence-electron chi connectivity index (χ2n) is 4.69. The Hall–Kier alpha value is -1.82. The molecule has 1 aliphatic rings. The molecule has 0 spiro atoms. The van der Waals surface area contributed by atoms with Crippen molar-refractivity contribution in [2.45, 2.75) is 24.7 Å². The molecule has 2 aromatic rings. The molecule has 0 amide bonds. The van der Waals surface area contributed by atoms with Crippen molar-refractivity contribution >= 4 is 27.6 Å². The van der Waals surface area contributed by atoms with Gasteiger partial charge in [-0.15, -0.1) is 0 Å². The van der Waals surface area contributed by atoms with Crippen LogP contribution < -0.4 is 9.68 Å². The van der Waals surface area contributed by atoms with Gasteiger partial charge in [-0.05, 0) is 18.9 Å². The van der Waals surface area contributed by atoms with E-state index in [0.717, 1.165) is 17.8 Å². The number of carbonyl (C=O) groups is 1. The molecule has 0 bridgehead atoms. The number of benzene rings is 1. The summed E-state index contributed by atoms with van der Waals surface area (Å²) in [5, 5.41) is 9.49. The van der Waals surface area contributed by atoms with Gasteiger partial charge in [0.1, 0.15) is 11.3 Å². The van der Waals surface area contributed by atoms with Crippen LogP contribution in [0.15, 0.2) is 21.3 Å². The number of hydrogen-bond donors (Lipinski definition) is 1. The van der Waals surface area contributed by atoms with Crippen molar-refractivity contribution in [3.05, 3.63) is 27.4 Å². The Morgan fingerprint density at radius 1 is 1.47 bits per heavy atom. The second kappa shape index (κ2) is 4.09. The minimum Gasteiger partial charge on any atom is -0.496 e. The third-order valence-corrected chi connectivity index (χ3v) is 4.57. The average molecular weight is 280 g/mol. The van der Waals surface area contributed by atoms with E-state index in [2.05, 4.69) is 0 Å². The molecule has 0 unspecified atom stereocenters. The third kappa shape index (κ3) is 1.67. The Morgan fingerprint density at radius 3 is 2.74 bits per heavy atom. The van der Waals surface area contributed by atoms with E-state index in [4.69, 9.17) is 9.15 Å². The van der Waals surface area contributed by atoms with Gasteiger partial charge in [-0.1, -0.05) is 17.8 Å². The van der Waals surface area contributed by atoms with Crippen LogP contribution in [0.4, 0.5) is 0 Å². The molecule has 0 saturated heterocycles. The van der Waals surface area contributed by atoms with E-state index < -0.39 is 16.3 Å². The minimum absolute atomic E-state index is 0.396. The monoisotopic (exact) mass is 280 g/mol. The first-order chi connectivity index (χ1) is 9.06. The van der Waals surface area contributed by atoms with Crippen molar-refractivity contribution in [1.82, 2.24) is 0 Å². The van der Waals surface area contributed by atoms with Gasteiger partial charge in [0.2, 0.25) is 0 Å². The van der Waals surface area contributed by atoms with Crippen molar-refractivity contribution in [3.63, 3.8) is 0 Å². The summed E-state index contributed by atoms with van der Waals surface area (Å²) in [5.41, 5.74) is 0.126. The Labute approximate surface area is 112 Å². The lowest BCUT2D eigenvalue weighted by Gasteiger charge is -2.38. The van der Waals surface area contributed by atoms with E-state index in [1.165, 1.54) is 7.11 Å². The van der Waals surface area contributed by atoms with Crippen LogP contribution in [0.5, 0.6) is 5.75 Å². The maximum Gasteiger partial charge on any atom is 0.396 e. The van der Waals surface area contributed by atoms with E-state index in [9.17, 15) is 14.7 Å². The third-order valence-electron chi connectivity index (χ3n) is 3.78. The highest BCUT2D eigenvalue weighted by molar-refractivity contribution is 7.16. The summed E-state index contributed by atoms with van der Waals surface area (Å²) in [6.07, 6.45) is 2.04. The molecule has 1 heterocycles. The number of ether oxygens (including phenoxy) is 1. The summed E-state index contributed by atoms with van der Waals surface area (Å²) in [7, 11) is 1.50. The molecule has 1 N–H and O–H groups in total. The first-order valence-electron chi connectivity index (χ1n) is 5.92. The highest BCUT2D eigenvalue weighted by Crippen LogP contribution is 2.48. The smallest absolute Gasteiger partial charge is 0.396 e. The summed E-state index contributed by atoms with van der Waals surface area (Å²) in [5.74, 6) is -0.347. The van der Waals surface area contributed by atoms with Gasteiger partial charge in [-0.25, -0.2) is 4.79 Å². The Kier molecular flexibility index (Phi) is 2.63. The van der Waals surface area contributed by atoms with Crippen LogP contribution in [-0.4, -0.2) is 18.2 Å². The Morgan fingerprint density at radius 2 is 2.21 bits per heavy atom. The summed E-state index contributed by atoms with van der Waals surface area (Å²) < 4.78 is 11.0. The normalized spacial score (nSPS) is 17.1. The van der Waals surface area contributed by atoms with Crippen LogP contribution in [0.2, 0.25) is 0 Å². The predicted molar refractivity (Wildman–Crippen MR) is 70.1 cm³/mol. The molecule has 1 fully saturated rings. The van der Waals surface area contributed by atoms with Gasteiger partial charge < -0.3 is 14.3 Å². The average Bonchev–Trinajstić information content (AvgIpc) is 2.65. The van der Waals surface area contributed by atoms with Crippen molar-refractivity contribution in [1.29, 1.82) is 0 Å². The van der Waals surface area contributed by atoms with E-state index >= 15 is 0 Å². The molecule has 6 heteroatoms. The topological polar surface area (TPSA) is 76.7 Å². The molecule has 0 aliphatic heterocycles. The first kappa shape index (κ1) is 12.2. The SMILES string of the molecule is COc1cc2sc(=O)oc2cc1C1(C(=O)O)CCC1. The molecule has 1 aliphatic carbocycles. The van der Waals surface area contributed by atoms with Crippen molar-refractivity contribution in [3.8, 4) is 5.75 Å². The van der Waals surface area contributed by atoms with E-state index in [-0.39, 0.29) is 0 Å². The highest BCUT2D eigenvalue weighted by Gasteiger charge is 2.48. The van der Waals surface area contributed by atoms with Gasteiger partial charge in [0.25, 0.3) is 0 Å². The molecule has 1 aromatic carbocycles. The molecular formula is C13H12O5S. The fraction of sp³-hybridized carbons (Fsp3) is 0.385. The summed E-state index contributed by atoms with van der Waals surface area (Å²) in [4.78, 5) is 22.4. The quantitative estimate of drug-likeness (QED) is 0.934. The lowest BCUT2D eigenvalue weighted by molar-refractivity contribution is -0.147. The molecule has 19 heavy (non-hydrogen) atoms. The highest BCUT2D eigenvalue weighted by atomic mass is 32.1. The molecule has 0 atom stereocenters. The lowest BCUT2D eigenvalue weighted by Crippen LogP contribution is -2.42. The zero-order valence-corrected chi connectivity index (χ0v) is 11.1. The number of aliphatic carboxylic acids is 1. The lowest BCUT2D eigenvalue weighted by atomic mass is 9.64. The molecule has 3 rings (SSSR count). The van der Waals surface area contributed by atoms with Gasteiger partial charge >= 0.3 is 10.9 Å². The van der Waals surface area contributed by atoms with Gasteiger partial charge in [0.05, 0.1) is 17.2 Å². The second-order valence-corrected chi connectivity index (χ2v) is 5.67. The zero-order valence-electron chi connectivity index (χ0n) is 10.3. The number of rotatable bonds is 3. The van der Waals surface area contributed by atoms with Gasteiger partial charge in [-0.3, -0.25) is 4.79 Å². The number of carboxylic acids is 1. The molecule has 0 radical (unpaired) electrons. The van der Waals surface area contributed by atoms with E-state index in [0.29, 0.717) is 34.4 Å². The molecule has 100 valence electrons. The summed E-state index contributed by atoms with van der Waals surface area (Å²) in [6.45, 7) is 0. The number of hydrogen-bond acceptors (Lipinski definition) is 5. The van der Waals surface area contributed by atoms with Crippen LogP contribution >= 0.6 is 11.3 Å². The van der Waals surface area contributed by atoms with Crippen LogP contribution in [0.3, 0.4) is 0 Å². The molecular weight excluding hydrogens is 268 g/mol. The van der Waals surface area contributed by atoms with Gasteiger partial charge in [0, 0.05) is 11.6 Å². The molecule has 1 saturated carbocycles. The van der Waals surface area contributed by atoms with E-state index in [1.807, 2.05) is 0 Å². The Balaban J connectivity index is 2.26. The summed E-state index contributed by atoms with van der Waals surface area (Å²) in [6, 6.07) is 3.32. The van der Waals surface area contributed by atoms with Crippen LogP contribution in [0, 0.1) is 0 Å². The van der Waals surface area contributed by atoms with Crippen molar-refractivity contribution < 1.29 is 19.1 Å².